The van der Waals surface area contributed by atoms with Gasteiger partial charge in [-0.3, -0.25) is 9.78 Å². The number of carbonyl (C=O) groups excluding carboxylic acids is 1. The maximum absolute atomic E-state index is 12.9. The second kappa shape index (κ2) is 8.95. The lowest BCUT2D eigenvalue weighted by Crippen LogP contribution is -2.25. The molecule has 0 fully saturated rings. The second-order valence-electron chi connectivity index (χ2n) is 7.70. The van der Waals surface area contributed by atoms with Crippen molar-refractivity contribution in [2.75, 3.05) is 0 Å². The zero-order chi connectivity index (χ0) is 20.9. The highest BCUT2D eigenvalue weighted by molar-refractivity contribution is 5.86. The smallest absolute Gasteiger partial charge is 0.221 e. The van der Waals surface area contributed by atoms with E-state index in [0.29, 0.717) is 13.0 Å². The van der Waals surface area contributed by atoms with E-state index in [1.807, 2.05) is 12.1 Å². The lowest BCUT2D eigenvalue weighted by atomic mass is 9.87. The summed E-state index contributed by atoms with van der Waals surface area (Å²) in [6, 6.07) is 20.8. The summed E-state index contributed by atoms with van der Waals surface area (Å²) in [6.45, 7) is 5.63. The fourth-order valence-electron chi connectivity index (χ4n) is 4.07. The van der Waals surface area contributed by atoms with Crippen LogP contribution in [0.3, 0.4) is 0 Å². The van der Waals surface area contributed by atoms with E-state index in [0.717, 1.165) is 12.1 Å². The molecule has 0 aliphatic carbocycles. The zero-order valence-corrected chi connectivity index (χ0v) is 17.5. The van der Waals surface area contributed by atoms with Gasteiger partial charge in [0, 0.05) is 54.9 Å². The van der Waals surface area contributed by atoms with Gasteiger partial charge in [-0.1, -0.05) is 54.1 Å². The molecule has 4 nitrogen and oxygen atoms in total. The Morgan fingerprint density at radius 2 is 1.97 bits per heavy atom. The van der Waals surface area contributed by atoms with Crippen molar-refractivity contribution >= 4 is 16.8 Å². The third-order valence-electron chi connectivity index (χ3n) is 5.58. The molecular formula is C26H27N3O. The molecule has 1 N–H and O–H groups in total. The van der Waals surface area contributed by atoms with E-state index in [-0.39, 0.29) is 11.8 Å². The van der Waals surface area contributed by atoms with Crippen molar-refractivity contribution in [3.8, 4) is 0 Å². The van der Waals surface area contributed by atoms with E-state index in [2.05, 4.69) is 83.4 Å². The summed E-state index contributed by atoms with van der Waals surface area (Å²) in [6.07, 6.45) is 6.14. The third-order valence-corrected chi connectivity index (χ3v) is 5.58. The first-order valence-corrected chi connectivity index (χ1v) is 10.5. The van der Waals surface area contributed by atoms with Crippen LogP contribution in [0.1, 0.15) is 41.5 Å². The van der Waals surface area contributed by atoms with Gasteiger partial charge in [-0.05, 0) is 42.7 Å². The molecule has 4 rings (SSSR count). The van der Waals surface area contributed by atoms with Crippen LogP contribution in [0.4, 0.5) is 0 Å². The van der Waals surface area contributed by atoms with Crippen LogP contribution in [0.25, 0.3) is 10.9 Å². The Morgan fingerprint density at radius 1 is 1.10 bits per heavy atom. The second-order valence-corrected chi connectivity index (χ2v) is 7.70. The van der Waals surface area contributed by atoms with Gasteiger partial charge in [0.05, 0.1) is 0 Å². The highest BCUT2D eigenvalue weighted by atomic mass is 16.1. The summed E-state index contributed by atoms with van der Waals surface area (Å²) in [5.41, 5.74) is 5.79. The SMILES string of the molecule is CCn1cc(C(CC(=O)NCc2cccnc2)c2cccc(C)c2)c2ccccc21. The first kappa shape index (κ1) is 19.9. The number of amides is 1. The molecule has 4 aromatic rings. The molecule has 4 heteroatoms. The fraction of sp³-hybridized carbons (Fsp3) is 0.231. The number of rotatable bonds is 7. The Labute approximate surface area is 177 Å². The Bertz CT molecular complexity index is 1150. The summed E-state index contributed by atoms with van der Waals surface area (Å²) in [4.78, 5) is 17.1. The Kier molecular flexibility index (Phi) is 5.94. The molecule has 1 amide bonds. The van der Waals surface area contributed by atoms with Crippen LogP contribution in [0.2, 0.25) is 0 Å². The molecule has 152 valence electrons. The average molecular weight is 398 g/mol. The van der Waals surface area contributed by atoms with Crippen LogP contribution >= 0.6 is 0 Å². The van der Waals surface area contributed by atoms with Gasteiger partial charge in [-0.2, -0.15) is 0 Å². The summed E-state index contributed by atoms with van der Waals surface area (Å²) in [5.74, 6) is 0.0372. The molecule has 0 spiro atoms. The number of nitrogens with zero attached hydrogens (tertiary/aromatic N) is 2. The number of carbonyl (C=O) groups is 1. The summed E-state index contributed by atoms with van der Waals surface area (Å²) in [7, 11) is 0. The Hall–Kier alpha value is -3.40. The van der Waals surface area contributed by atoms with Crippen LogP contribution < -0.4 is 5.32 Å². The van der Waals surface area contributed by atoms with E-state index in [1.54, 1.807) is 12.4 Å². The van der Waals surface area contributed by atoms with Gasteiger partial charge >= 0.3 is 0 Å². The Morgan fingerprint density at radius 3 is 2.73 bits per heavy atom. The van der Waals surface area contributed by atoms with Crippen LogP contribution in [0.5, 0.6) is 0 Å². The summed E-state index contributed by atoms with van der Waals surface area (Å²) >= 11 is 0. The molecule has 0 saturated heterocycles. The number of aryl methyl sites for hydroxylation is 2. The van der Waals surface area contributed by atoms with E-state index in [1.165, 1.54) is 27.6 Å². The first-order chi connectivity index (χ1) is 14.7. The largest absolute Gasteiger partial charge is 0.352 e. The number of para-hydroxylation sites is 1. The number of benzene rings is 2. The normalized spacial score (nSPS) is 12.1. The van der Waals surface area contributed by atoms with Crippen molar-refractivity contribution in [1.29, 1.82) is 0 Å². The van der Waals surface area contributed by atoms with Gasteiger partial charge in [0.2, 0.25) is 5.91 Å². The van der Waals surface area contributed by atoms with Crippen molar-refractivity contribution in [1.82, 2.24) is 14.9 Å². The molecule has 1 unspecified atom stereocenters. The molecule has 30 heavy (non-hydrogen) atoms. The van der Waals surface area contributed by atoms with Crippen LogP contribution in [0, 0.1) is 6.92 Å². The summed E-state index contributed by atoms with van der Waals surface area (Å²) < 4.78 is 2.26. The van der Waals surface area contributed by atoms with Gasteiger partial charge in [-0.25, -0.2) is 0 Å². The molecule has 2 aromatic heterocycles. The van der Waals surface area contributed by atoms with Crippen molar-refractivity contribution in [2.45, 2.75) is 39.3 Å². The number of pyridine rings is 1. The Balaban J connectivity index is 1.67. The highest BCUT2D eigenvalue weighted by Gasteiger charge is 2.22. The van der Waals surface area contributed by atoms with Crippen molar-refractivity contribution < 1.29 is 4.79 Å². The van der Waals surface area contributed by atoms with Gasteiger partial charge in [-0.15, -0.1) is 0 Å². The van der Waals surface area contributed by atoms with Crippen LogP contribution in [0.15, 0.2) is 79.3 Å². The van der Waals surface area contributed by atoms with Gasteiger partial charge in [0.1, 0.15) is 0 Å². The molecule has 1 atom stereocenters. The number of nitrogens with one attached hydrogen (secondary N) is 1. The number of aromatic nitrogens is 2. The minimum Gasteiger partial charge on any atom is -0.352 e. The highest BCUT2D eigenvalue weighted by Crippen LogP contribution is 2.35. The molecule has 2 heterocycles. The molecule has 2 aromatic carbocycles. The van der Waals surface area contributed by atoms with Crippen LogP contribution in [-0.4, -0.2) is 15.5 Å². The van der Waals surface area contributed by atoms with Crippen molar-refractivity contribution in [3.63, 3.8) is 0 Å². The standard InChI is InChI=1S/C26H27N3O/c1-3-29-18-24(22-11-4-5-12-25(22)29)23(21-10-6-8-19(2)14-21)15-26(30)28-17-20-9-7-13-27-16-20/h4-14,16,18,23H,3,15,17H2,1-2H3,(H,28,30). The minimum atomic E-state index is -0.00324. The molecule has 0 aliphatic heterocycles. The first-order valence-electron chi connectivity index (χ1n) is 10.5. The quantitative estimate of drug-likeness (QED) is 0.466. The van der Waals surface area contributed by atoms with Gasteiger partial charge in [0.25, 0.3) is 0 Å². The third kappa shape index (κ3) is 4.28. The summed E-state index contributed by atoms with van der Waals surface area (Å²) in [5, 5.41) is 4.28. The molecule has 0 saturated carbocycles. The number of hydrogen-bond donors (Lipinski definition) is 1. The number of hydrogen-bond acceptors (Lipinski definition) is 2. The zero-order valence-electron chi connectivity index (χ0n) is 17.5. The van der Waals surface area contributed by atoms with E-state index < -0.39 is 0 Å². The maximum Gasteiger partial charge on any atom is 0.221 e. The maximum atomic E-state index is 12.9. The van der Waals surface area contributed by atoms with Crippen LogP contribution in [-0.2, 0) is 17.9 Å². The minimum absolute atomic E-state index is 0.00324. The monoisotopic (exact) mass is 397 g/mol. The molecule has 0 bridgehead atoms. The van der Waals surface area contributed by atoms with Crippen molar-refractivity contribution in [3.05, 3.63) is 102 Å². The topological polar surface area (TPSA) is 46.9 Å². The predicted octanol–water partition coefficient (Wildman–Crippen LogP) is 5.20. The molecule has 0 radical (unpaired) electrons. The fourth-order valence-corrected chi connectivity index (χ4v) is 4.07. The lowest BCUT2D eigenvalue weighted by Gasteiger charge is -2.18. The van der Waals surface area contributed by atoms with Crippen molar-refractivity contribution in [2.24, 2.45) is 0 Å². The molecular weight excluding hydrogens is 370 g/mol. The van der Waals surface area contributed by atoms with E-state index >= 15 is 0 Å². The average Bonchev–Trinajstić information content (AvgIpc) is 3.15. The lowest BCUT2D eigenvalue weighted by molar-refractivity contribution is -0.121. The van der Waals surface area contributed by atoms with E-state index in [4.69, 9.17) is 0 Å². The van der Waals surface area contributed by atoms with Gasteiger partial charge < -0.3 is 9.88 Å². The molecule has 0 aliphatic rings. The number of fused-ring (bicyclic) bond motifs is 1. The van der Waals surface area contributed by atoms with Gasteiger partial charge in [0.15, 0.2) is 0 Å². The predicted molar refractivity (Wildman–Crippen MR) is 121 cm³/mol. The van der Waals surface area contributed by atoms with E-state index in [9.17, 15) is 4.79 Å².